The molecule has 1 unspecified atom stereocenters. The molecule has 3 atom stereocenters. The number of nitrogens with zero attached hydrogens (tertiary/aromatic N) is 5. The van der Waals surface area contributed by atoms with Gasteiger partial charge in [-0.25, -0.2) is 0 Å². The first-order valence-electron chi connectivity index (χ1n) is 9.66. The average molecular weight is 387 g/mol. The van der Waals surface area contributed by atoms with Crippen molar-refractivity contribution < 1.29 is 19.2 Å². The van der Waals surface area contributed by atoms with Gasteiger partial charge in [0.15, 0.2) is 5.82 Å². The van der Waals surface area contributed by atoms with Crippen LogP contribution in [0.4, 0.5) is 0 Å². The van der Waals surface area contributed by atoms with Crippen LogP contribution in [-0.2, 0) is 16.6 Å². The van der Waals surface area contributed by atoms with Crippen molar-refractivity contribution >= 4 is 11.9 Å². The summed E-state index contributed by atoms with van der Waals surface area (Å²) < 4.78 is 7.07. The second kappa shape index (κ2) is 6.72. The van der Waals surface area contributed by atoms with Crippen LogP contribution < -0.4 is 0 Å². The van der Waals surface area contributed by atoms with Gasteiger partial charge in [-0.15, -0.1) is 0 Å². The molecule has 0 spiro atoms. The monoisotopic (exact) mass is 387 g/mol. The molecule has 2 aromatic rings. The normalized spacial score (nSPS) is 26.7. The molecule has 1 aliphatic carbocycles. The average Bonchev–Trinajstić information content (AvgIpc) is 2.91. The number of aryl methyl sites for hydroxylation is 1. The molecule has 2 aromatic heterocycles. The van der Waals surface area contributed by atoms with Gasteiger partial charge in [-0.05, 0) is 18.3 Å². The Labute approximate surface area is 162 Å². The Morgan fingerprint density at radius 2 is 2.04 bits per heavy atom. The molecule has 9 nitrogen and oxygen atoms in total. The van der Waals surface area contributed by atoms with E-state index in [1.165, 1.54) is 0 Å². The first kappa shape index (κ1) is 18.6. The van der Waals surface area contributed by atoms with E-state index in [1.807, 2.05) is 20.9 Å². The fraction of sp³-hybridized carbons (Fsp3) is 0.632. The Hall–Kier alpha value is -2.71. The predicted octanol–water partition coefficient (Wildman–Crippen LogP) is 2.27. The largest absolute Gasteiger partial charge is 0.481 e. The summed E-state index contributed by atoms with van der Waals surface area (Å²) in [5, 5.41) is 17.7. The number of likely N-dealkylation sites (tertiary alicyclic amines) is 1. The van der Waals surface area contributed by atoms with Gasteiger partial charge >= 0.3 is 5.97 Å². The molecule has 1 amide bonds. The smallest absolute Gasteiger partial charge is 0.307 e. The van der Waals surface area contributed by atoms with E-state index >= 15 is 0 Å². The number of carbonyl (C=O) groups is 2. The summed E-state index contributed by atoms with van der Waals surface area (Å²) >= 11 is 0. The molecule has 9 heteroatoms. The molecule has 0 bridgehead atoms. The minimum absolute atomic E-state index is 0.114. The van der Waals surface area contributed by atoms with Crippen molar-refractivity contribution in [3.05, 3.63) is 18.2 Å². The fourth-order valence-corrected chi connectivity index (χ4v) is 4.40. The van der Waals surface area contributed by atoms with Crippen molar-refractivity contribution in [1.29, 1.82) is 0 Å². The quantitative estimate of drug-likeness (QED) is 0.856. The molecule has 150 valence electrons. The van der Waals surface area contributed by atoms with E-state index in [0.717, 1.165) is 31.2 Å². The second-order valence-electron chi connectivity index (χ2n) is 8.37. The van der Waals surface area contributed by atoms with E-state index in [2.05, 4.69) is 15.2 Å². The maximum absolute atomic E-state index is 13.3. The maximum Gasteiger partial charge on any atom is 0.307 e. The Balaban J connectivity index is 1.60. The highest BCUT2D eigenvalue weighted by Crippen LogP contribution is 2.59. The van der Waals surface area contributed by atoms with Crippen LogP contribution in [0.15, 0.2) is 16.9 Å². The van der Waals surface area contributed by atoms with Gasteiger partial charge < -0.3 is 14.5 Å². The van der Waals surface area contributed by atoms with Crippen LogP contribution in [0.3, 0.4) is 0 Å². The Morgan fingerprint density at radius 1 is 1.25 bits per heavy atom. The van der Waals surface area contributed by atoms with Crippen molar-refractivity contribution in [2.45, 2.75) is 45.6 Å². The second-order valence-corrected chi connectivity index (χ2v) is 8.37. The molecule has 1 aliphatic heterocycles. The zero-order valence-corrected chi connectivity index (χ0v) is 16.3. The van der Waals surface area contributed by atoms with Crippen molar-refractivity contribution in [2.24, 2.45) is 24.3 Å². The van der Waals surface area contributed by atoms with Crippen LogP contribution >= 0.6 is 0 Å². The molecule has 1 saturated carbocycles. The van der Waals surface area contributed by atoms with Crippen LogP contribution in [0.5, 0.6) is 0 Å². The van der Waals surface area contributed by atoms with Gasteiger partial charge in [0.2, 0.25) is 5.91 Å². The number of hydrogen-bond acceptors (Lipinski definition) is 6. The predicted molar refractivity (Wildman–Crippen MR) is 97.8 cm³/mol. The molecule has 4 rings (SSSR count). The standard InChI is InChI=1S/C19H25N5O4/c1-19(2)13(14(19)18(26)27)17(25)24-8-6-4-5-7-12(24)15-21-16(28-22-15)11-9-20-23(3)10-11/h9-10,12-14H,4-8H2,1-3H3,(H,26,27)/t12?,13-,14+/m0/s1. The Bertz CT molecular complexity index is 902. The van der Waals surface area contributed by atoms with E-state index in [0.29, 0.717) is 18.3 Å². The summed E-state index contributed by atoms with van der Waals surface area (Å²) in [6.07, 6.45) is 7.05. The van der Waals surface area contributed by atoms with Gasteiger partial charge in [0.05, 0.1) is 29.6 Å². The van der Waals surface area contributed by atoms with Crippen molar-refractivity contribution in [3.63, 3.8) is 0 Å². The number of carbonyl (C=O) groups excluding carboxylic acids is 1. The van der Waals surface area contributed by atoms with Crippen LogP contribution in [-0.4, -0.2) is 48.3 Å². The van der Waals surface area contributed by atoms with Gasteiger partial charge in [0.1, 0.15) is 0 Å². The lowest BCUT2D eigenvalue weighted by atomic mass is 10.1. The summed E-state index contributed by atoms with van der Waals surface area (Å²) in [4.78, 5) is 31.1. The van der Waals surface area contributed by atoms with Gasteiger partial charge in [0.25, 0.3) is 5.89 Å². The number of amides is 1. The molecule has 0 radical (unpaired) electrons. The van der Waals surface area contributed by atoms with Crippen LogP contribution in [0.25, 0.3) is 11.5 Å². The lowest BCUT2D eigenvalue weighted by Gasteiger charge is -2.28. The van der Waals surface area contributed by atoms with Gasteiger partial charge in [-0.1, -0.05) is 31.8 Å². The first-order valence-corrected chi connectivity index (χ1v) is 9.66. The van der Waals surface area contributed by atoms with E-state index in [4.69, 9.17) is 4.52 Å². The summed E-state index contributed by atoms with van der Waals surface area (Å²) in [7, 11) is 1.81. The van der Waals surface area contributed by atoms with Gasteiger partial charge in [-0.2, -0.15) is 10.1 Å². The minimum Gasteiger partial charge on any atom is -0.481 e. The first-order chi connectivity index (χ1) is 13.3. The Morgan fingerprint density at radius 3 is 2.68 bits per heavy atom. The van der Waals surface area contributed by atoms with E-state index in [1.54, 1.807) is 22.0 Å². The lowest BCUT2D eigenvalue weighted by molar-refractivity contribution is -0.142. The minimum atomic E-state index is -0.909. The molecule has 28 heavy (non-hydrogen) atoms. The number of aliphatic carboxylic acids is 1. The number of aromatic nitrogens is 4. The van der Waals surface area contributed by atoms with Crippen molar-refractivity contribution in [3.8, 4) is 11.5 Å². The summed E-state index contributed by atoms with van der Waals surface area (Å²) in [6, 6.07) is -0.296. The highest BCUT2D eigenvalue weighted by atomic mass is 16.5. The molecular weight excluding hydrogens is 362 g/mol. The fourth-order valence-electron chi connectivity index (χ4n) is 4.40. The number of carboxylic acids is 1. The zero-order valence-electron chi connectivity index (χ0n) is 16.3. The third-order valence-corrected chi connectivity index (χ3v) is 6.09. The summed E-state index contributed by atoms with van der Waals surface area (Å²) in [5.74, 6) is -1.32. The number of rotatable bonds is 4. The lowest BCUT2D eigenvalue weighted by Crippen LogP contribution is -2.37. The van der Waals surface area contributed by atoms with Gasteiger partial charge in [0, 0.05) is 19.8 Å². The number of carboxylic acid groups (broad SMARTS) is 1. The van der Waals surface area contributed by atoms with Crippen LogP contribution in [0.1, 0.15) is 51.4 Å². The zero-order chi connectivity index (χ0) is 20.1. The number of hydrogen-bond donors (Lipinski definition) is 1. The van der Waals surface area contributed by atoms with Crippen molar-refractivity contribution in [2.75, 3.05) is 6.54 Å². The van der Waals surface area contributed by atoms with Crippen molar-refractivity contribution in [1.82, 2.24) is 24.8 Å². The Kier molecular flexibility index (Phi) is 4.47. The van der Waals surface area contributed by atoms with Gasteiger partial charge in [-0.3, -0.25) is 14.3 Å². The molecule has 1 saturated heterocycles. The maximum atomic E-state index is 13.3. The molecule has 2 fully saturated rings. The van der Waals surface area contributed by atoms with E-state index in [9.17, 15) is 14.7 Å². The SMILES string of the molecule is Cn1cc(-c2nc(C3CCCCCN3C(=O)[C@@H]3[C@H](C(=O)O)C3(C)C)no2)cn1. The molecule has 1 N–H and O–H groups in total. The van der Waals surface area contributed by atoms with E-state index in [-0.39, 0.29) is 11.9 Å². The third kappa shape index (κ3) is 3.08. The highest BCUT2D eigenvalue weighted by Gasteiger charge is 2.67. The topological polar surface area (TPSA) is 114 Å². The summed E-state index contributed by atoms with van der Waals surface area (Å²) in [6.45, 7) is 4.27. The highest BCUT2D eigenvalue weighted by molar-refractivity contribution is 5.91. The van der Waals surface area contributed by atoms with Crippen LogP contribution in [0, 0.1) is 17.3 Å². The molecular formula is C19H25N5O4. The molecule has 0 aromatic carbocycles. The summed E-state index contributed by atoms with van der Waals surface area (Å²) in [5.41, 5.74) is 0.194. The molecule has 3 heterocycles. The molecule has 2 aliphatic rings. The van der Waals surface area contributed by atoms with E-state index < -0.39 is 23.2 Å². The third-order valence-electron chi connectivity index (χ3n) is 6.09. The van der Waals surface area contributed by atoms with Crippen LogP contribution in [0.2, 0.25) is 0 Å².